The third-order valence-corrected chi connectivity index (χ3v) is 5.08. The van der Waals surface area contributed by atoms with E-state index in [9.17, 15) is 13.6 Å². The van der Waals surface area contributed by atoms with Crippen molar-refractivity contribution in [3.8, 4) is 0 Å². The zero-order chi connectivity index (χ0) is 22.0. The molecule has 0 radical (unpaired) electrons. The lowest BCUT2D eigenvalue weighted by Gasteiger charge is -2.32. The zero-order valence-corrected chi connectivity index (χ0v) is 18.4. The van der Waals surface area contributed by atoms with Crippen molar-refractivity contribution in [1.82, 2.24) is 10.6 Å². The first-order chi connectivity index (χ1) is 13.6. The number of benzene rings is 1. The number of halogens is 2. The maximum Gasteiger partial charge on any atom is 0.292 e. The Bertz CT molecular complexity index is 685. The number of hydrogen-bond donors (Lipinski definition) is 3. The van der Waals surface area contributed by atoms with E-state index in [1.807, 2.05) is 20.8 Å². The van der Waals surface area contributed by atoms with E-state index in [2.05, 4.69) is 36.7 Å². The second-order valence-electron chi connectivity index (χ2n) is 7.73. The number of anilines is 1. The predicted octanol–water partition coefficient (Wildman–Crippen LogP) is 4.91. The summed E-state index contributed by atoms with van der Waals surface area (Å²) in [5.74, 6) is -1.91. The first kappa shape index (κ1) is 24.9. The Morgan fingerprint density at radius 2 is 1.76 bits per heavy atom. The maximum atomic E-state index is 13.5. The molecule has 0 fully saturated rings. The monoisotopic (exact) mass is 411 g/mol. The lowest BCUT2D eigenvalue weighted by Crippen LogP contribution is -2.35. The number of carbonyl (C=O) groups excluding carboxylic acids is 1. The highest BCUT2D eigenvalue weighted by Crippen LogP contribution is 2.30. The predicted molar refractivity (Wildman–Crippen MR) is 113 cm³/mol. The Kier molecular flexibility index (Phi) is 10.1. The van der Waals surface area contributed by atoms with E-state index in [1.54, 1.807) is 0 Å². The summed E-state index contributed by atoms with van der Waals surface area (Å²) >= 11 is 0. The van der Waals surface area contributed by atoms with Gasteiger partial charge in [0, 0.05) is 17.2 Å². The third-order valence-electron chi connectivity index (χ3n) is 5.08. The van der Waals surface area contributed by atoms with Gasteiger partial charge in [0.25, 0.3) is 5.91 Å². The molecule has 0 heterocycles. The van der Waals surface area contributed by atoms with Crippen LogP contribution >= 0.6 is 0 Å². The Labute approximate surface area is 173 Å². The molecule has 0 aliphatic heterocycles. The molecule has 29 heavy (non-hydrogen) atoms. The Balaban J connectivity index is 3.24. The molecule has 0 aliphatic carbocycles. The SMILES string of the molecule is CCCC(NCNCC)=C(OC(C)C(C)(C)CC)C(=O)Nc1cc(F)cc(F)c1. The second kappa shape index (κ2) is 11.8. The molecule has 3 N–H and O–H groups in total. The fraction of sp³-hybridized carbons (Fsp3) is 0.591. The van der Waals surface area contributed by atoms with Crippen LogP contribution in [-0.4, -0.2) is 25.2 Å². The van der Waals surface area contributed by atoms with E-state index in [0.29, 0.717) is 18.8 Å². The van der Waals surface area contributed by atoms with Gasteiger partial charge in [-0.3, -0.25) is 4.79 Å². The van der Waals surface area contributed by atoms with Crippen molar-refractivity contribution in [2.24, 2.45) is 5.41 Å². The molecule has 0 aromatic heterocycles. The summed E-state index contributed by atoms with van der Waals surface area (Å²) < 4.78 is 33.2. The van der Waals surface area contributed by atoms with Crippen molar-refractivity contribution >= 4 is 11.6 Å². The molecule has 7 heteroatoms. The van der Waals surface area contributed by atoms with E-state index >= 15 is 0 Å². The highest BCUT2D eigenvalue weighted by atomic mass is 19.1. The van der Waals surface area contributed by atoms with Crippen LogP contribution in [0, 0.1) is 17.0 Å². The summed E-state index contributed by atoms with van der Waals surface area (Å²) in [6.07, 6.45) is 2.02. The Morgan fingerprint density at radius 1 is 1.14 bits per heavy atom. The van der Waals surface area contributed by atoms with Crippen LogP contribution in [-0.2, 0) is 9.53 Å². The molecular formula is C22H35F2N3O2. The van der Waals surface area contributed by atoms with Gasteiger partial charge in [-0.1, -0.05) is 41.0 Å². The number of hydrogen-bond acceptors (Lipinski definition) is 4. The molecule has 164 valence electrons. The van der Waals surface area contributed by atoms with Gasteiger partial charge < -0.3 is 20.7 Å². The third kappa shape index (κ3) is 8.01. The Morgan fingerprint density at radius 3 is 2.28 bits per heavy atom. The summed E-state index contributed by atoms with van der Waals surface area (Å²) in [4.78, 5) is 13.0. The molecule has 0 aliphatic rings. The van der Waals surface area contributed by atoms with Crippen molar-refractivity contribution in [2.45, 2.75) is 66.9 Å². The summed E-state index contributed by atoms with van der Waals surface area (Å²) in [7, 11) is 0. The lowest BCUT2D eigenvalue weighted by atomic mass is 9.84. The van der Waals surface area contributed by atoms with Crippen LogP contribution in [0.3, 0.4) is 0 Å². The normalized spacial score (nSPS) is 13.5. The number of amides is 1. The van der Waals surface area contributed by atoms with Crippen molar-refractivity contribution in [3.63, 3.8) is 0 Å². The minimum Gasteiger partial charge on any atom is -0.483 e. The standard InChI is InChI=1S/C22H35F2N3O2/c1-7-10-19(26-14-25-9-3)20(29-15(4)22(5,6)8-2)21(28)27-18-12-16(23)11-17(24)13-18/h11-13,15,25-26H,7-10,14H2,1-6H3,(H,27,28). The quantitative estimate of drug-likeness (QED) is 0.198. The van der Waals surface area contributed by atoms with Crippen molar-refractivity contribution < 1.29 is 18.3 Å². The Hall–Kier alpha value is -2.15. The van der Waals surface area contributed by atoms with E-state index in [1.165, 1.54) is 0 Å². The molecule has 1 unspecified atom stereocenters. The molecule has 1 rings (SSSR count). The number of nitrogens with one attached hydrogen (secondary N) is 3. The van der Waals surface area contributed by atoms with Gasteiger partial charge in [0.05, 0.1) is 12.4 Å². The van der Waals surface area contributed by atoms with Crippen molar-refractivity contribution in [1.29, 1.82) is 0 Å². The maximum absolute atomic E-state index is 13.5. The van der Waals surface area contributed by atoms with Gasteiger partial charge in [0.2, 0.25) is 5.76 Å². The fourth-order valence-corrected chi connectivity index (χ4v) is 2.53. The zero-order valence-electron chi connectivity index (χ0n) is 18.4. The molecule has 1 aromatic carbocycles. The van der Waals surface area contributed by atoms with Gasteiger partial charge in [-0.15, -0.1) is 0 Å². The second-order valence-corrected chi connectivity index (χ2v) is 7.73. The number of carbonyl (C=O) groups is 1. The van der Waals surface area contributed by atoms with Gasteiger partial charge >= 0.3 is 0 Å². The number of allylic oxidation sites excluding steroid dienone is 1. The first-order valence-corrected chi connectivity index (χ1v) is 10.3. The van der Waals surface area contributed by atoms with E-state index in [4.69, 9.17) is 4.74 Å². The average molecular weight is 412 g/mol. The van der Waals surface area contributed by atoms with Gasteiger partial charge in [0.15, 0.2) is 0 Å². The largest absolute Gasteiger partial charge is 0.483 e. The summed E-state index contributed by atoms with van der Waals surface area (Å²) in [6, 6.07) is 2.91. The van der Waals surface area contributed by atoms with Crippen molar-refractivity contribution in [2.75, 3.05) is 18.5 Å². The minimum absolute atomic E-state index is 0.0403. The lowest BCUT2D eigenvalue weighted by molar-refractivity contribution is -0.118. The number of ether oxygens (including phenoxy) is 1. The molecule has 0 spiro atoms. The van der Waals surface area contributed by atoms with Crippen LogP contribution in [0.1, 0.15) is 60.8 Å². The summed E-state index contributed by atoms with van der Waals surface area (Å²) in [5, 5.41) is 8.94. The molecule has 1 atom stereocenters. The summed E-state index contributed by atoms with van der Waals surface area (Å²) in [5.41, 5.74) is 0.537. The molecule has 0 saturated carbocycles. The van der Waals surface area contributed by atoms with Crippen LogP contribution < -0.4 is 16.0 Å². The van der Waals surface area contributed by atoms with Crippen LogP contribution in [0.15, 0.2) is 29.7 Å². The molecule has 5 nitrogen and oxygen atoms in total. The van der Waals surface area contributed by atoms with Crippen LogP contribution in [0.4, 0.5) is 14.5 Å². The van der Waals surface area contributed by atoms with Gasteiger partial charge in [-0.05, 0) is 38.4 Å². The minimum atomic E-state index is -0.758. The van der Waals surface area contributed by atoms with Crippen molar-refractivity contribution in [3.05, 3.63) is 41.3 Å². The van der Waals surface area contributed by atoms with Gasteiger partial charge in [0.1, 0.15) is 17.7 Å². The van der Waals surface area contributed by atoms with E-state index in [0.717, 1.165) is 37.6 Å². The molecule has 1 amide bonds. The highest BCUT2D eigenvalue weighted by molar-refractivity contribution is 6.02. The average Bonchev–Trinajstić information content (AvgIpc) is 2.64. The topological polar surface area (TPSA) is 62.4 Å². The van der Waals surface area contributed by atoms with Crippen LogP contribution in [0.5, 0.6) is 0 Å². The fourth-order valence-electron chi connectivity index (χ4n) is 2.53. The van der Waals surface area contributed by atoms with Crippen LogP contribution in [0.25, 0.3) is 0 Å². The first-order valence-electron chi connectivity index (χ1n) is 10.3. The van der Waals surface area contributed by atoms with Gasteiger partial charge in [-0.25, -0.2) is 8.78 Å². The molecule has 0 bridgehead atoms. The molecule has 0 saturated heterocycles. The smallest absolute Gasteiger partial charge is 0.292 e. The molecular weight excluding hydrogens is 376 g/mol. The van der Waals surface area contributed by atoms with E-state index in [-0.39, 0.29) is 23.0 Å². The summed E-state index contributed by atoms with van der Waals surface area (Å²) in [6.45, 7) is 13.4. The van der Waals surface area contributed by atoms with E-state index < -0.39 is 17.5 Å². The highest BCUT2D eigenvalue weighted by Gasteiger charge is 2.29. The number of rotatable bonds is 12. The van der Waals surface area contributed by atoms with Gasteiger partial charge in [-0.2, -0.15) is 0 Å². The van der Waals surface area contributed by atoms with Crippen LogP contribution in [0.2, 0.25) is 0 Å². The molecule has 1 aromatic rings.